The van der Waals surface area contributed by atoms with Crippen molar-refractivity contribution in [3.8, 4) is 5.75 Å². The number of fused-ring (bicyclic) bond motifs is 1. The number of amides is 1. The van der Waals surface area contributed by atoms with Crippen molar-refractivity contribution in [2.75, 3.05) is 12.4 Å². The van der Waals surface area contributed by atoms with Crippen molar-refractivity contribution in [2.45, 2.75) is 38.3 Å². The van der Waals surface area contributed by atoms with Gasteiger partial charge in [-0.05, 0) is 55.3 Å². The summed E-state index contributed by atoms with van der Waals surface area (Å²) in [6, 6.07) is 15.2. The van der Waals surface area contributed by atoms with Crippen LogP contribution in [0.2, 0.25) is 0 Å². The molecule has 0 saturated heterocycles. The van der Waals surface area contributed by atoms with E-state index in [4.69, 9.17) is 9.15 Å². The van der Waals surface area contributed by atoms with E-state index in [9.17, 15) is 4.79 Å². The van der Waals surface area contributed by atoms with Gasteiger partial charge in [-0.25, -0.2) is 10.4 Å². The molecule has 0 aliphatic rings. The first-order valence-electron chi connectivity index (χ1n) is 9.70. The quantitative estimate of drug-likeness (QED) is 0.219. The summed E-state index contributed by atoms with van der Waals surface area (Å²) in [4.78, 5) is 16.4. The summed E-state index contributed by atoms with van der Waals surface area (Å²) in [5, 5.41) is 4.65. The second kappa shape index (κ2) is 10.7. The summed E-state index contributed by atoms with van der Waals surface area (Å²) in [7, 11) is 0. The van der Waals surface area contributed by atoms with Crippen LogP contribution in [-0.2, 0) is 4.79 Å². The molecule has 3 rings (SSSR count). The van der Waals surface area contributed by atoms with E-state index in [1.165, 1.54) is 24.6 Å². The van der Waals surface area contributed by atoms with E-state index in [1.807, 2.05) is 55.5 Å². The number of hydrogen-bond donors (Lipinski definition) is 1. The first-order valence-corrected chi connectivity index (χ1v) is 10.7. The Balaban J connectivity index is 1.46. The standard InChI is InChI=1S/C22H25N3O3S/c1-3-4-7-14-27-18-12-10-17(11-13-18)16(2)24-25-21(26)15-29-22-23-19-8-5-6-9-20(19)28-22/h5-6,8-13H,3-4,7,14-15H2,1-2H3,(H,25,26)/b24-16-. The van der Waals surface area contributed by atoms with Crippen molar-refractivity contribution in [1.29, 1.82) is 0 Å². The number of ether oxygens (including phenoxy) is 1. The molecule has 1 aromatic heterocycles. The van der Waals surface area contributed by atoms with Crippen LogP contribution in [-0.4, -0.2) is 29.0 Å². The monoisotopic (exact) mass is 411 g/mol. The molecule has 2 aromatic carbocycles. The highest BCUT2D eigenvalue weighted by Crippen LogP contribution is 2.22. The van der Waals surface area contributed by atoms with E-state index in [-0.39, 0.29) is 11.7 Å². The molecule has 0 aliphatic heterocycles. The molecule has 0 radical (unpaired) electrons. The first kappa shape index (κ1) is 20.9. The first-order chi connectivity index (χ1) is 14.2. The van der Waals surface area contributed by atoms with Gasteiger partial charge < -0.3 is 9.15 Å². The highest BCUT2D eigenvalue weighted by Gasteiger charge is 2.09. The molecule has 7 heteroatoms. The minimum absolute atomic E-state index is 0.175. The zero-order valence-corrected chi connectivity index (χ0v) is 17.5. The molecule has 0 fully saturated rings. The van der Waals surface area contributed by atoms with E-state index < -0.39 is 0 Å². The fraction of sp³-hybridized carbons (Fsp3) is 0.318. The van der Waals surface area contributed by atoms with Gasteiger partial charge in [-0.3, -0.25) is 4.79 Å². The fourth-order valence-corrected chi connectivity index (χ4v) is 3.25. The minimum atomic E-state index is -0.215. The van der Waals surface area contributed by atoms with Gasteiger partial charge in [-0.15, -0.1) is 0 Å². The number of carbonyl (C=O) groups is 1. The number of unbranched alkanes of at least 4 members (excludes halogenated alkanes) is 2. The molecule has 0 saturated carbocycles. The maximum absolute atomic E-state index is 12.1. The van der Waals surface area contributed by atoms with E-state index in [1.54, 1.807) is 0 Å². The Morgan fingerprint density at radius 3 is 2.72 bits per heavy atom. The van der Waals surface area contributed by atoms with Crippen LogP contribution in [0.15, 0.2) is 63.3 Å². The van der Waals surface area contributed by atoms with Crippen LogP contribution in [0.5, 0.6) is 5.75 Å². The molecule has 0 spiro atoms. The molecular weight excluding hydrogens is 386 g/mol. The van der Waals surface area contributed by atoms with Crippen LogP contribution >= 0.6 is 11.8 Å². The average Bonchev–Trinajstić information content (AvgIpc) is 3.17. The largest absolute Gasteiger partial charge is 0.494 e. The van der Waals surface area contributed by atoms with E-state index in [0.29, 0.717) is 10.8 Å². The third-order valence-corrected chi connectivity index (χ3v) is 5.07. The Labute approximate surface area is 174 Å². The van der Waals surface area contributed by atoms with Gasteiger partial charge in [-0.1, -0.05) is 43.7 Å². The number of nitrogens with zero attached hydrogens (tertiary/aromatic N) is 2. The van der Waals surface area contributed by atoms with Crippen LogP contribution in [0.3, 0.4) is 0 Å². The maximum atomic E-state index is 12.1. The molecule has 0 aliphatic carbocycles. The van der Waals surface area contributed by atoms with Gasteiger partial charge in [0.2, 0.25) is 0 Å². The Bertz CT molecular complexity index is 934. The SMILES string of the molecule is CCCCCOc1ccc(/C(C)=N\NC(=O)CSc2nc3ccccc3o2)cc1. The normalized spacial score (nSPS) is 11.6. The van der Waals surface area contributed by atoms with E-state index in [0.717, 1.165) is 35.6 Å². The number of oxazole rings is 1. The summed E-state index contributed by atoms with van der Waals surface area (Å²) in [5.74, 6) is 0.803. The van der Waals surface area contributed by atoms with Gasteiger partial charge in [0.25, 0.3) is 11.1 Å². The van der Waals surface area contributed by atoms with Crippen LogP contribution in [0, 0.1) is 0 Å². The second-order valence-electron chi connectivity index (χ2n) is 6.55. The third kappa shape index (κ3) is 6.35. The molecule has 1 heterocycles. The highest BCUT2D eigenvalue weighted by molar-refractivity contribution is 7.99. The third-order valence-electron chi connectivity index (χ3n) is 4.24. The molecule has 0 bridgehead atoms. The lowest BCUT2D eigenvalue weighted by Crippen LogP contribution is -2.21. The zero-order chi connectivity index (χ0) is 20.5. The Morgan fingerprint density at radius 2 is 1.97 bits per heavy atom. The van der Waals surface area contributed by atoms with Gasteiger partial charge in [0.1, 0.15) is 11.3 Å². The molecule has 3 aromatic rings. The number of aromatic nitrogens is 1. The van der Waals surface area contributed by atoms with Gasteiger partial charge in [-0.2, -0.15) is 5.10 Å². The number of carbonyl (C=O) groups excluding carboxylic acids is 1. The van der Waals surface area contributed by atoms with Crippen LogP contribution in [0.1, 0.15) is 38.7 Å². The molecule has 6 nitrogen and oxygen atoms in total. The zero-order valence-electron chi connectivity index (χ0n) is 16.7. The number of hydrogen-bond acceptors (Lipinski definition) is 6. The molecule has 29 heavy (non-hydrogen) atoms. The van der Waals surface area contributed by atoms with Crippen molar-refractivity contribution < 1.29 is 13.9 Å². The van der Waals surface area contributed by atoms with Gasteiger partial charge in [0, 0.05) is 0 Å². The number of benzene rings is 2. The molecule has 0 atom stereocenters. The van der Waals surface area contributed by atoms with Gasteiger partial charge in [0.05, 0.1) is 18.1 Å². The Kier molecular flexibility index (Phi) is 7.69. The van der Waals surface area contributed by atoms with Crippen LogP contribution < -0.4 is 10.2 Å². The fourth-order valence-electron chi connectivity index (χ4n) is 2.62. The van der Waals surface area contributed by atoms with Gasteiger partial charge >= 0.3 is 0 Å². The summed E-state index contributed by atoms with van der Waals surface area (Å²) >= 11 is 1.24. The van der Waals surface area contributed by atoms with Crippen molar-refractivity contribution in [1.82, 2.24) is 10.4 Å². The highest BCUT2D eigenvalue weighted by atomic mass is 32.2. The summed E-state index contributed by atoms with van der Waals surface area (Å²) < 4.78 is 11.3. The molecule has 1 N–H and O–H groups in total. The van der Waals surface area contributed by atoms with E-state index >= 15 is 0 Å². The lowest BCUT2D eigenvalue weighted by molar-refractivity contribution is -0.118. The van der Waals surface area contributed by atoms with Crippen molar-refractivity contribution >= 4 is 34.5 Å². The number of para-hydroxylation sites is 2. The van der Waals surface area contributed by atoms with Crippen molar-refractivity contribution in [3.05, 3.63) is 54.1 Å². The minimum Gasteiger partial charge on any atom is -0.494 e. The Morgan fingerprint density at radius 1 is 1.17 bits per heavy atom. The lowest BCUT2D eigenvalue weighted by Gasteiger charge is -2.07. The summed E-state index contributed by atoms with van der Waals surface area (Å²) in [6.07, 6.45) is 3.41. The van der Waals surface area contributed by atoms with Crippen molar-refractivity contribution in [2.24, 2.45) is 5.10 Å². The predicted molar refractivity (Wildman–Crippen MR) is 117 cm³/mol. The second-order valence-corrected chi connectivity index (χ2v) is 7.47. The molecule has 0 unspecified atom stereocenters. The molecule has 152 valence electrons. The van der Waals surface area contributed by atoms with E-state index in [2.05, 4.69) is 22.4 Å². The topological polar surface area (TPSA) is 76.7 Å². The molecule has 1 amide bonds. The number of thioether (sulfide) groups is 1. The average molecular weight is 412 g/mol. The number of hydrazone groups is 1. The van der Waals surface area contributed by atoms with Crippen LogP contribution in [0.4, 0.5) is 0 Å². The molecular formula is C22H25N3O3S. The number of rotatable bonds is 10. The lowest BCUT2D eigenvalue weighted by atomic mass is 10.1. The Hall–Kier alpha value is -2.80. The van der Waals surface area contributed by atoms with Gasteiger partial charge in [0.15, 0.2) is 5.58 Å². The summed E-state index contributed by atoms with van der Waals surface area (Å²) in [6.45, 7) is 4.75. The van der Waals surface area contributed by atoms with Crippen LogP contribution in [0.25, 0.3) is 11.1 Å². The maximum Gasteiger partial charge on any atom is 0.257 e. The predicted octanol–water partition coefficient (Wildman–Crippen LogP) is 5.03. The number of nitrogens with one attached hydrogen (secondary N) is 1. The van der Waals surface area contributed by atoms with Crippen molar-refractivity contribution in [3.63, 3.8) is 0 Å². The smallest absolute Gasteiger partial charge is 0.257 e. The summed E-state index contributed by atoms with van der Waals surface area (Å²) in [5.41, 5.74) is 5.72.